The number of nitrogens with zero attached hydrogens (tertiary/aromatic N) is 1. The highest BCUT2D eigenvalue weighted by Gasteiger charge is 2.57. The molecule has 132 valence electrons. The number of nitrogens with one attached hydrogen (secondary N) is 1. The first-order valence-electron chi connectivity index (χ1n) is 9.24. The predicted octanol–water partition coefficient (Wildman–Crippen LogP) is 3.77. The smallest absolute Gasteiger partial charge is 0.227 e. The molecule has 1 saturated carbocycles. The molecule has 3 nitrogen and oxygen atoms in total. The van der Waals surface area contributed by atoms with Crippen molar-refractivity contribution in [3.05, 3.63) is 57.8 Å². The molecule has 1 aromatic carbocycles. The van der Waals surface area contributed by atoms with Gasteiger partial charge in [0.2, 0.25) is 5.91 Å². The summed E-state index contributed by atoms with van der Waals surface area (Å²) in [6, 6.07) is 10.8. The van der Waals surface area contributed by atoms with Crippen molar-refractivity contribution in [1.82, 2.24) is 10.2 Å². The van der Waals surface area contributed by atoms with Crippen LogP contribution in [0.5, 0.6) is 0 Å². The molecule has 0 radical (unpaired) electrons. The summed E-state index contributed by atoms with van der Waals surface area (Å²) in [6.45, 7) is 5.04. The number of carbonyl (C=O) groups is 1. The third-order valence-corrected chi connectivity index (χ3v) is 6.71. The molecule has 2 fully saturated rings. The van der Waals surface area contributed by atoms with Gasteiger partial charge < -0.3 is 10.2 Å². The van der Waals surface area contributed by atoms with E-state index in [-0.39, 0.29) is 5.91 Å². The van der Waals surface area contributed by atoms with Crippen LogP contribution >= 0.6 is 11.3 Å². The van der Waals surface area contributed by atoms with Crippen LogP contribution in [0, 0.1) is 12.3 Å². The minimum Gasteiger partial charge on any atom is -0.334 e. The second-order valence-corrected chi connectivity index (χ2v) is 8.37. The fourth-order valence-corrected chi connectivity index (χ4v) is 4.91. The van der Waals surface area contributed by atoms with Crippen molar-refractivity contribution in [2.45, 2.75) is 45.2 Å². The van der Waals surface area contributed by atoms with Crippen molar-refractivity contribution in [2.24, 2.45) is 5.41 Å². The molecule has 0 unspecified atom stereocenters. The summed E-state index contributed by atoms with van der Waals surface area (Å²) < 4.78 is 0. The number of aryl methyl sites for hydroxylation is 1. The van der Waals surface area contributed by atoms with Gasteiger partial charge in [-0.1, -0.05) is 24.3 Å². The van der Waals surface area contributed by atoms with Gasteiger partial charge in [0.05, 0.1) is 6.42 Å². The molecule has 2 heterocycles. The first kappa shape index (κ1) is 16.8. The van der Waals surface area contributed by atoms with Crippen LogP contribution in [0.25, 0.3) is 0 Å². The molecule has 1 atom stereocenters. The van der Waals surface area contributed by atoms with Crippen LogP contribution in [0.2, 0.25) is 0 Å². The monoisotopic (exact) mass is 354 g/mol. The third-order valence-electron chi connectivity index (χ3n) is 5.98. The summed E-state index contributed by atoms with van der Waals surface area (Å²) in [4.78, 5) is 15.4. The summed E-state index contributed by atoms with van der Waals surface area (Å²) in [7, 11) is 0. The lowest BCUT2D eigenvalue weighted by atomic mass is 9.93. The van der Waals surface area contributed by atoms with Crippen LogP contribution in [-0.4, -0.2) is 29.9 Å². The van der Waals surface area contributed by atoms with Gasteiger partial charge in [-0.15, -0.1) is 0 Å². The summed E-state index contributed by atoms with van der Waals surface area (Å²) in [6.07, 6.45) is 4.10. The van der Waals surface area contributed by atoms with Gasteiger partial charge in [0.25, 0.3) is 0 Å². The maximum atomic E-state index is 13.2. The number of carbonyl (C=O) groups excluding carboxylic acids is 1. The molecule has 4 heteroatoms. The molecule has 1 spiro atoms. The fourth-order valence-electron chi connectivity index (χ4n) is 4.25. The van der Waals surface area contributed by atoms with Crippen molar-refractivity contribution >= 4 is 17.2 Å². The Bertz CT molecular complexity index is 734. The van der Waals surface area contributed by atoms with Crippen LogP contribution in [0.3, 0.4) is 0 Å². The molecule has 4 rings (SSSR count). The van der Waals surface area contributed by atoms with Crippen molar-refractivity contribution in [2.75, 3.05) is 13.1 Å². The van der Waals surface area contributed by atoms with E-state index in [9.17, 15) is 4.79 Å². The summed E-state index contributed by atoms with van der Waals surface area (Å²) >= 11 is 1.71. The number of piperidine rings is 1. The Morgan fingerprint density at radius 2 is 2.08 bits per heavy atom. The van der Waals surface area contributed by atoms with E-state index in [2.05, 4.69) is 46.1 Å². The number of hydrogen-bond acceptors (Lipinski definition) is 3. The van der Waals surface area contributed by atoms with Crippen molar-refractivity contribution in [3.8, 4) is 0 Å². The molecular weight excluding hydrogens is 328 g/mol. The zero-order valence-electron chi connectivity index (χ0n) is 14.8. The van der Waals surface area contributed by atoms with Crippen LogP contribution in [0.1, 0.15) is 36.0 Å². The van der Waals surface area contributed by atoms with Crippen LogP contribution in [0.15, 0.2) is 41.1 Å². The lowest BCUT2D eigenvalue weighted by Gasteiger charge is -2.30. The molecule has 1 aliphatic heterocycles. The molecule has 25 heavy (non-hydrogen) atoms. The van der Waals surface area contributed by atoms with E-state index in [1.807, 2.05) is 12.1 Å². The Labute approximate surface area is 154 Å². The maximum Gasteiger partial charge on any atom is 0.227 e. The van der Waals surface area contributed by atoms with E-state index in [0.29, 0.717) is 17.9 Å². The number of amides is 1. The number of benzene rings is 1. The predicted molar refractivity (Wildman–Crippen MR) is 103 cm³/mol. The molecule has 1 saturated heterocycles. The average Bonchev–Trinajstić information content (AvgIpc) is 3.06. The van der Waals surface area contributed by atoms with E-state index < -0.39 is 0 Å². The minimum atomic E-state index is 0.279. The Balaban J connectivity index is 1.53. The molecule has 2 aromatic rings. The van der Waals surface area contributed by atoms with Gasteiger partial charge in [-0.25, -0.2) is 0 Å². The SMILES string of the molecule is Cc1ccccc1CC(=O)N(Cc1ccsc1)[C@H]1CC12CCNCC2. The van der Waals surface area contributed by atoms with Gasteiger partial charge in [-0.3, -0.25) is 4.79 Å². The Hall–Kier alpha value is -1.65. The van der Waals surface area contributed by atoms with E-state index >= 15 is 0 Å². The lowest BCUT2D eigenvalue weighted by Crippen LogP contribution is -2.39. The van der Waals surface area contributed by atoms with Gasteiger partial charge in [0, 0.05) is 12.6 Å². The average molecular weight is 355 g/mol. The Morgan fingerprint density at radius 1 is 1.28 bits per heavy atom. The highest BCUT2D eigenvalue weighted by Crippen LogP contribution is 2.56. The van der Waals surface area contributed by atoms with Gasteiger partial charge >= 0.3 is 0 Å². The second kappa shape index (κ2) is 6.93. The highest BCUT2D eigenvalue weighted by atomic mass is 32.1. The van der Waals surface area contributed by atoms with Crippen LogP contribution < -0.4 is 5.32 Å². The zero-order chi connectivity index (χ0) is 17.3. The third kappa shape index (κ3) is 3.51. The van der Waals surface area contributed by atoms with Crippen molar-refractivity contribution in [1.29, 1.82) is 0 Å². The molecule has 1 amide bonds. The van der Waals surface area contributed by atoms with Crippen molar-refractivity contribution in [3.63, 3.8) is 0 Å². The molecule has 0 bridgehead atoms. The Morgan fingerprint density at radius 3 is 2.80 bits per heavy atom. The van der Waals surface area contributed by atoms with Crippen LogP contribution in [0.4, 0.5) is 0 Å². The molecule has 1 N–H and O–H groups in total. The van der Waals surface area contributed by atoms with Gasteiger partial charge in [0.15, 0.2) is 0 Å². The minimum absolute atomic E-state index is 0.279. The number of thiophene rings is 1. The quantitative estimate of drug-likeness (QED) is 0.886. The molecule has 1 aliphatic carbocycles. The van der Waals surface area contributed by atoms with E-state index in [1.165, 1.54) is 30.4 Å². The second-order valence-electron chi connectivity index (χ2n) is 7.59. The lowest BCUT2D eigenvalue weighted by molar-refractivity contribution is -0.132. The number of rotatable bonds is 5. The fraction of sp³-hybridized carbons (Fsp3) is 0.476. The zero-order valence-corrected chi connectivity index (χ0v) is 15.6. The molecule has 1 aromatic heterocycles. The standard InChI is InChI=1S/C21H26N2OS/c1-16-4-2-3-5-18(16)12-20(24)23(14-17-6-11-25-15-17)19-13-21(19)7-9-22-10-8-21/h2-6,11,15,19,22H,7-10,12-14H2,1H3/t19-/m0/s1. The highest BCUT2D eigenvalue weighted by molar-refractivity contribution is 7.07. The van der Waals surface area contributed by atoms with E-state index in [1.54, 1.807) is 11.3 Å². The molecule has 2 aliphatic rings. The van der Waals surface area contributed by atoms with Crippen LogP contribution in [-0.2, 0) is 17.8 Å². The maximum absolute atomic E-state index is 13.2. The largest absolute Gasteiger partial charge is 0.334 e. The number of hydrogen-bond donors (Lipinski definition) is 1. The van der Waals surface area contributed by atoms with E-state index in [0.717, 1.165) is 25.2 Å². The Kier molecular flexibility index (Phi) is 4.65. The van der Waals surface area contributed by atoms with Gasteiger partial charge in [0.1, 0.15) is 0 Å². The first-order valence-corrected chi connectivity index (χ1v) is 10.2. The van der Waals surface area contributed by atoms with Gasteiger partial charge in [-0.2, -0.15) is 11.3 Å². The van der Waals surface area contributed by atoms with E-state index in [4.69, 9.17) is 0 Å². The topological polar surface area (TPSA) is 32.3 Å². The van der Waals surface area contributed by atoms with Gasteiger partial charge in [-0.05, 0) is 78.2 Å². The summed E-state index contributed by atoms with van der Waals surface area (Å²) in [5.41, 5.74) is 4.00. The normalized spacial score (nSPS) is 21.2. The molecular formula is C21H26N2OS. The summed E-state index contributed by atoms with van der Waals surface area (Å²) in [5, 5.41) is 7.74. The van der Waals surface area contributed by atoms with Crippen molar-refractivity contribution < 1.29 is 4.79 Å². The first-order chi connectivity index (χ1) is 12.2. The summed E-state index contributed by atoms with van der Waals surface area (Å²) in [5.74, 6) is 0.279.